The third-order valence-electron chi connectivity index (χ3n) is 18.5. The lowest BCUT2D eigenvalue weighted by atomic mass is 9.42. The van der Waals surface area contributed by atoms with E-state index in [2.05, 4.69) is 80.5 Å². The lowest BCUT2D eigenvalue weighted by molar-refractivity contribution is -0.385. The van der Waals surface area contributed by atoms with Gasteiger partial charge in [-0.1, -0.05) is 90.3 Å². The molecule has 0 aliphatic heterocycles. The Hall–Kier alpha value is -15.4. The quantitative estimate of drug-likeness (QED) is 0.00878. The summed E-state index contributed by atoms with van der Waals surface area (Å²) >= 11 is 8.26. The first kappa shape index (κ1) is 93.8. The molecule has 0 saturated carbocycles. The van der Waals surface area contributed by atoms with Gasteiger partial charge in [0.25, 0.3) is 11.4 Å². The number of aliphatic hydroxyl groups excluding tert-OH is 1. The Labute approximate surface area is 739 Å². The van der Waals surface area contributed by atoms with Crippen molar-refractivity contribution < 1.29 is 90.2 Å². The highest BCUT2D eigenvalue weighted by Gasteiger charge is 2.23. The first-order chi connectivity index (χ1) is 61.4. The Morgan fingerprint density at radius 3 is 1.35 bits per heavy atom. The molecule has 0 spiro atoms. The molecule has 31 nitrogen and oxygen atoms in total. The van der Waals surface area contributed by atoms with E-state index in [0.29, 0.717) is 47.2 Å². The minimum Gasteiger partial charge on any atom is -0.480 e. The van der Waals surface area contributed by atoms with E-state index in [4.69, 9.17) is 54.3 Å². The molecule has 127 heavy (non-hydrogen) atoms. The number of nitrogens with zero attached hydrogens (tertiary/aromatic N) is 8. The van der Waals surface area contributed by atoms with Gasteiger partial charge >= 0.3 is 29.6 Å². The summed E-state index contributed by atoms with van der Waals surface area (Å²) in [5, 5.41) is 45.2. The largest absolute Gasteiger partial charge is 0.514 e. The van der Waals surface area contributed by atoms with Gasteiger partial charge in [-0.15, -0.1) is 0 Å². The Kier molecular flexibility index (Phi) is 35.3. The number of ketones is 1. The molecule has 34 heteroatoms. The first-order valence-electron chi connectivity index (χ1n) is 38.9. The lowest BCUT2D eigenvalue weighted by Gasteiger charge is -2.14. The number of pyridine rings is 6. The highest BCUT2D eigenvalue weighted by atomic mass is 79.9. The van der Waals surface area contributed by atoms with Crippen LogP contribution in [0.25, 0.3) is 77.3 Å². The van der Waals surface area contributed by atoms with Crippen LogP contribution in [0, 0.1) is 20.2 Å². The second-order valence-corrected chi connectivity index (χ2v) is 28.5. The van der Waals surface area contributed by atoms with Crippen molar-refractivity contribution >= 4 is 130 Å². The van der Waals surface area contributed by atoms with E-state index in [0.717, 1.165) is 76.1 Å². The molecule has 0 aliphatic carbocycles. The van der Waals surface area contributed by atoms with Gasteiger partial charge < -0.3 is 62.6 Å². The zero-order valence-electron chi connectivity index (χ0n) is 68.5. The number of carbonyl (C=O) groups excluding carboxylic acids is 5. The van der Waals surface area contributed by atoms with Crippen LogP contribution in [0.3, 0.4) is 0 Å². The monoisotopic (exact) mass is 1800 g/mol. The van der Waals surface area contributed by atoms with Gasteiger partial charge in [-0.05, 0) is 193 Å². The number of fused-ring (bicyclic) bond motifs is 4. The van der Waals surface area contributed by atoms with Gasteiger partial charge in [0.2, 0.25) is 5.76 Å². The van der Waals surface area contributed by atoms with Gasteiger partial charge in [0.1, 0.15) is 69.5 Å². The fourth-order valence-corrected chi connectivity index (χ4v) is 12.5. The number of carboxylic acid groups (broad SMARTS) is 1. The molecule has 0 radical (unpaired) electrons. The Morgan fingerprint density at radius 1 is 0.504 bits per heavy atom. The molecular weight excluding hydrogens is 1720 g/mol. The van der Waals surface area contributed by atoms with Gasteiger partial charge in [-0.2, -0.15) is 0 Å². The van der Waals surface area contributed by atoms with Gasteiger partial charge in [0, 0.05) is 159 Å². The van der Waals surface area contributed by atoms with Gasteiger partial charge in [-0.3, -0.25) is 54.9 Å². The number of aromatic nitrogens is 6. The minimum atomic E-state index is -1.15. The summed E-state index contributed by atoms with van der Waals surface area (Å²) in [6, 6.07) is 61.5. The second-order valence-electron chi connectivity index (χ2n) is 27.3. The number of hydrogen-bond donors (Lipinski definition) is 4. The van der Waals surface area contributed by atoms with Crippen LogP contribution in [0.4, 0.5) is 25.8 Å². The van der Waals surface area contributed by atoms with Crippen LogP contribution in [0.15, 0.2) is 315 Å². The second kappa shape index (κ2) is 47.8. The number of alkyl carbamates (subject to hydrolysis) is 1. The summed E-state index contributed by atoms with van der Waals surface area (Å²) in [6.07, 6.45) is 22.2. The van der Waals surface area contributed by atoms with Crippen LogP contribution in [0.1, 0.15) is 59.7 Å². The van der Waals surface area contributed by atoms with Crippen LogP contribution >= 0.6 is 27.5 Å². The van der Waals surface area contributed by atoms with Crippen LogP contribution in [0.2, 0.25) is 12.6 Å². The molecule has 5 N–H and O–H groups in total. The van der Waals surface area contributed by atoms with E-state index in [1.54, 1.807) is 92.2 Å². The number of benzene rings is 6. The number of halogens is 2. The van der Waals surface area contributed by atoms with Crippen LogP contribution < -0.4 is 26.0 Å². The summed E-state index contributed by atoms with van der Waals surface area (Å²) in [4.78, 5) is 112. The molecule has 0 saturated heterocycles. The number of non-ortho nitro benzene ring substituents is 2. The number of Topliss-reactive ketones (excluding diaryl/α,β-unsaturated/α-hetero) is 1. The molecule has 0 bridgehead atoms. The SMILES string of the molecule is CC(=O)C(N)Cc1ccncc1.CCB(CC)c1cccnc1.COC(=O)c1cc2cc(Br)ccc2o1.O=C(Cl)Oc1ccc([N+](=O)[O-])cc1.O=C(NC(Cc1ccncc1)C(=O)O)OCc1cc2cc(-c3cccnc3)ccc2o1.O=C(OCc1cc2cc(-c3cccnc3)ccc2o1)Oc1ccc([N+](=O)[O-])cc1.OCc1cc2cc(-c3cccnc3)ccc2o1. The highest BCUT2D eigenvalue weighted by molar-refractivity contribution is 9.10. The molecule has 1 amide bonds. The Morgan fingerprint density at radius 2 is 0.929 bits per heavy atom. The number of esters is 1. The average Bonchev–Trinajstić information content (AvgIpc) is 1.69. The van der Waals surface area contributed by atoms with Crippen LogP contribution in [-0.4, -0.2) is 111 Å². The average molecular weight is 1800 g/mol. The molecular formula is C93H81BBrClN10O21. The van der Waals surface area contributed by atoms with Crippen molar-refractivity contribution in [3.05, 3.63) is 352 Å². The molecule has 16 rings (SSSR count). The number of rotatable bonds is 23. The maximum Gasteiger partial charge on any atom is 0.514 e. The van der Waals surface area contributed by atoms with E-state index in [1.807, 2.05) is 146 Å². The predicted octanol–water partition coefficient (Wildman–Crippen LogP) is 19.6. The van der Waals surface area contributed by atoms with Gasteiger partial charge in [0.15, 0.2) is 19.9 Å². The number of furan rings is 4. The molecule has 2 unspecified atom stereocenters. The molecule has 10 aromatic heterocycles. The maximum atomic E-state index is 12.1. The third kappa shape index (κ3) is 29.4. The summed E-state index contributed by atoms with van der Waals surface area (Å²) in [7, 11) is 1.32. The normalized spacial score (nSPS) is 10.9. The number of carbonyl (C=O) groups is 6. The molecule has 0 aliphatic rings. The zero-order valence-corrected chi connectivity index (χ0v) is 70.8. The highest BCUT2D eigenvalue weighted by Crippen LogP contribution is 2.31. The predicted molar refractivity (Wildman–Crippen MR) is 478 cm³/mol. The standard InChI is InChI=1S/C23H19N3O5.C21H14N2O6.C14H11NO2.C10H7BrO3.C9H14BN.C9H12N2O.C7H4ClNO4/c27-22(28)20(10-15-5-8-24-9-6-15)26-23(29)30-14-19-12-18-11-16(3-4-21(18)31-19)17-2-1-7-25-13-17;24-21(29-18-6-4-17(5-7-18)23(25)26)27-13-19-11-16-10-14(3-8-20(16)28-19)15-2-1-9-22-12-15;16-9-13-7-12-6-10(3-4-14(12)17-13)11-2-1-5-15-8-11;1-13-10(12)9-5-6-4-7(11)2-3-8(6)14-9;1-3-10(4-2)9-6-5-7-11-8-9;1-7(12)9(10)6-8-2-4-11-5-3-8;8-7(10)13-6-3-1-5(2-4-6)9(11)12/h1-9,11-13,20H,10,14H2,(H,26,29)(H,27,28);1-12H,13H2;1-8,16H,9H2;2-5H,1H3;5-8H,3-4H2,1-2H3;2-5,9H,6,10H2,1H3;1-4H. The zero-order chi connectivity index (χ0) is 90.6. The molecule has 10 heterocycles. The van der Waals surface area contributed by atoms with Gasteiger partial charge in [0.05, 0.1) is 23.0 Å². The van der Waals surface area contributed by atoms with Crippen molar-refractivity contribution in [2.24, 2.45) is 5.73 Å². The number of nitro benzene ring substituents is 2. The van der Waals surface area contributed by atoms with E-state index >= 15 is 0 Å². The van der Waals surface area contributed by atoms with Crippen molar-refractivity contribution in [3.63, 3.8) is 0 Å². The number of ether oxygens (including phenoxy) is 5. The fraction of sp³-hybridized carbons (Fsp3) is 0.140. The van der Waals surface area contributed by atoms with Crippen LogP contribution in [-0.2, 0) is 56.5 Å². The van der Waals surface area contributed by atoms with Crippen LogP contribution in [0.5, 0.6) is 11.5 Å². The molecule has 646 valence electrons. The number of methoxy groups -OCH3 is 1. The van der Waals surface area contributed by atoms with Gasteiger partial charge in [-0.25, -0.2) is 24.0 Å². The third-order valence-corrected chi connectivity index (χ3v) is 19.1. The lowest BCUT2D eigenvalue weighted by Crippen LogP contribution is -2.42. The Balaban J connectivity index is 0.000000161. The topological polar surface area (TPSA) is 443 Å². The molecule has 0 fully saturated rings. The van der Waals surface area contributed by atoms with E-state index in [9.17, 15) is 54.1 Å². The molecule has 2 atom stereocenters. The van der Waals surface area contributed by atoms with Crippen molar-refractivity contribution in [1.82, 2.24) is 35.2 Å². The number of aliphatic hydroxyl groups is 1. The minimum absolute atomic E-state index is 0.0202. The number of nitro groups is 2. The summed E-state index contributed by atoms with van der Waals surface area (Å²) in [5.74, 6) is 0.448. The van der Waals surface area contributed by atoms with E-state index < -0.39 is 45.5 Å². The molecule has 16 aromatic rings. The number of hydrogen-bond acceptors (Lipinski definition) is 27. The van der Waals surface area contributed by atoms with Crippen molar-refractivity contribution in [2.75, 3.05) is 7.11 Å². The smallest absolute Gasteiger partial charge is 0.480 e. The first-order valence-corrected chi connectivity index (χ1v) is 40.1. The number of nitrogens with one attached hydrogen (secondary N) is 1. The van der Waals surface area contributed by atoms with Crippen molar-refractivity contribution in [3.8, 4) is 44.9 Å². The Bertz CT molecular complexity index is 6300. The van der Waals surface area contributed by atoms with E-state index in [1.165, 1.54) is 80.7 Å². The summed E-state index contributed by atoms with van der Waals surface area (Å²) in [5.41, 5.74) is 16.5. The molecule has 6 aromatic carbocycles. The summed E-state index contributed by atoms with van der Waals surface area (Å²) in [6.45, 7) is 6.35. The summed E-state index contributed by atoms with van der Waals surface area (Å²) < 4.78 is 47.3. The number of aliphatic carboxylic acids is 1. The fourth-order valence-electron chi connectivity index (χ4n) is 12.1. The maximum absolute atomic E-state index is 12.1. The van der Waals surface area contributed by atoms with Crippen molar-refractivity contribution in [1.29, 1.82) is 0 Å². The number of amides is 1. The number of carboxylic acids is 1. The number of nitrogens with two attached hydrogens (primary N) is 1. The van der Waals surface area contributed by atoms with Crippen molar-refractivity contribution in [2.45, 2.75) is 78.2 Å². The van der Waals surface area contributed by atoms with E-state index in [-0.39, 0.29) is 66.7 Å².